The molecule has 1 amide bonds. The number of nitrogens with one attached hydrogen (secondary N) is 1. The van der Waals surface area contributed by atoms with Gasteiger partial charge in [-0.1, -0.05) is 0 Å². The molecule has 100 valence electrons. The quantitative estimate of drug-likeness (QED) is 0.640. The van der Waals surface area contributed by atoms with Gasteiger partial charge in [0.05, 0.1) is 4.92 Å². The number of nitro benzene ring substituents is 1. The lowest BCUT2D eigenvalue weighted by Crippen LogP contribution is -2.37. The van der Waals surface area contributed by atoms with Crippen molar-refractivity contribution < 1.29 is 9.72 Å². The van der Waals surface area contributed by atoms with E-state index >= 15 is 0 Å². The lowest BCUT2D eigenvalue weighted by Gasteiger charge is -2.11. The number of nitro groups is 1. The summed E-state index contributed by atoms with van der Waals surface area (Å²) in [5.74, 6) is -0.277. The van der Waals surface area contributed by atoms with E-state index in [-0.39, 0.29) is 30.0 Å². The van der Waals surface area contributed by atoms with E-state index in [1.54, 1.807) is 13.8 Å². The van der Waals surface area contributed by atoms with Crippen LogP contribution in [0, 0.1) is 17.0 Å². The van der Waals surface area contributed by atoms with Crippen molar-refractivity contribution in [2.24, 2.45) is 5.73 Å². The predicted molar refractivity (Wildman–Crippen MR) is 71.1 cm³/mol. The van der Waals surface area contributed by atoms with E-state index in [1.165, 1.54) is 18.2 Å². The molecule has 0 saturated carbocycles. The third-order valence-electron chi connectivity index (χ3n) is 2.39. The molecular formula is C11H16ClN3O3. The molecule has 18 heavy (non-hydrogen) atoms. The van der Waals surface area contributed by atoms with Crippen molar-refractivity contribution in [1.82, 2.24) is 5.32 Å². The van der Waals surface area contributed by atoms with E-state index in [0.29, 0.717) is 17.7 Å². The fourth-order valence-electron chi connectivity index (χ4n) is 1.37. The highest BCUT2D eigenvalue weighted by Crippen LogP contribution is 2.18. The Kier molecular flexibility index (Phi) is 6.29. The Morgan fingerprint density at radius 3 is 2.61 bits per heavy atom. The Morgan fingerprint density at radius 1 is 1.56 bits per heavy atom. The largest absolute Gasteiger partial charge is 0.348 e. The van der Waals surface area contributed by atoms with Gasteiger partial charge in [-0.15, -0.1) is 12.4 Å². The maximum atomic E-state index is 11.7. The van der Waals surface area contributed by atoms with Crippen LogP contribution >= 0.6 is 12.4 Å². The van der Waals surface area contributed by atoms with Crippen LogP contribution < -0.4 is 11.1 Å². The summed E-state index contributed by atoms with van der Waals surface area (Å²) in [5.41, 5.74) is 6.25. The van der Waals surface area contributed by atoms with Crippen LogP contribution in [0.5, 0.6) is 0 Å². The SMILES string of the molecule is Cc1cc(C(=O)N[C@@H](C)CN)ccc1[N+](=O)[O-].Cl. The molecule has 0 fully saturated rings. The van der Waals surface area contributed by atoms with Crippen LogP contribution in [0.4, 0.5) is 5.69 Å². The minimum atomic E-state index is -0.473. The van der Waals surface area contributed by atoms with Crippen molar-refractivity contribution in [1.29, 1.82) is 0 Å². The van der Waals surface area contributed by atoms with Gasteiger partial charge in [0.1, 0.15) is 0 Å². The summed E-state index contributed by atoms with van der Waals surface area (Å²) >= 11 is 0. The van der Waals surface area contributed by atoms with Gasteiger partial charge in [-0.25, -0.2) is 0 Å². The third-order valence-corrected chi connectivity index (χ3v) is 2.39. The molecule has 0 radical (unpaired) electrons. The van der Waals surface area contributed by atoms with Crippen LogP contribution in [-0.2, 0) is 0 Å². The van der Waals surface area contributed by atoms with Gasteiger partial charge in [-0.05, 0) is 26.0 Å². The van der Waals surface area contributed by atoms with Crippen molar-refractivity contribution in [3.63, 3.8) is 0 Å². The summed E-state index contributed by atoms with van der Waals surface area (Å²) in [6.45, 7) is 3.73. The molecule has 1 rings (SSSR count). The molecular weight excluding hydrogens is 258 g/mol. The zero-order valence-electron chi connectivity index (χ0n) is 10.2. The number of halogens is 1. The summed E-state index contributed by atoms with van der Waals surface area (Å²) in [6.07, 6.45) is 0. The second-order valence-electron chi connectivity index (χ2n) is 3.87. The summed E-state index contributed by atoms with van der Waals surface area (Å²) in [6, 6.07) is 4.13. The zero-order valence-corrected chi connectivity index (χ0v) is 11.0. The van der Waals surface area contributed by atoms with E-state index < -0.39 is 4.92 Å². The molecule has 0 bridgehead atoms. The molecule has 3 N–H and O–H groups in total. The van der Waals surface area contributed by atoms with Crippen LogP contribution in [0.1, 0.15) is 22.8 Å². The second kappa shape index (κ2) is 6.93. The number of aryl methyl sites for hydroxylation is 1. The van der Waals surface area contributed by atoms with Crippen LogP contribution in [0.2, 0.25) is 0 Å². The van der Waals surface area contributed by atoms with E-state index in [2.05, 4.69) is 5.32 Å². The van der Waals surface area contributed by atoms with Gasteiger partial charge in [0, 0.05) is 29.8 Å². The van der Waals surface area contributed by atoms with Gasteiger partial charge in [-0.3, -0.25) is 14.9 Å². The number of hydrogen-bond donors (Lipinski definition) is 2. The van der Waals surface area contributed by atoms with Crippen molar-refractivity contribution in [2.75, 3.05) is 6.54 Å². The molecule has 6 nitrogen and oxygen atoms in total. The van der Waals surface area contributed by atoms with Gasteiger partial charge in [0.15, 0.2) is 0 Å². The summed E-state index contributed by atoms with van der Waals surface area (Å²) in [4.78, 5) is 21.9. The lowest BCUT2D eigenvalue weighted by atomic mass is 10.1. The van der Waals surface area contributed by atoms with E-state index in [0.717, 1.165) is 0 Å². The number of rotatable bonds is 4. The summed E-state index contributed by atoms with van der Waals surface area (Å²) in [5, 5.41) is 13.3. The minimum absolute atomic E-state index is 0. The number of nitrogens with zero attached hydrogens (tertiary/aromatic N) is 1. The monoisotopic (exact) mass is 273 g/mol. The Morgan fingerprint density at radius 2 is 2.17 bits per heavy atom. The maximum Gasteiger partial charge on any atom is 0.272 e. The number of carbonyl (C=O) groups excluding carboxylic acids is 1. The first-order valence-corrected chi connectivity index (χ1v) is 5.21. The standard InChI is InChI=1S/C11H15N3O3.ClH/c1-7-5-9(3-4-10(7)14(16)17)11(15)13-8(2)6-12;/h3-5,8H,6,12H2,1-2H3,(H,13,15);1H/t8-;/m0./s1. The van der Waals surface area contributed by atoms with Crippen LogP contribution in [0.15, 0.2) is 18.2 Å². The molecule has 1 aromatic carbocycles. The Bertz CT molecular complexity index is 451. The first kappa shape index (κ1) is 16.3. The fraction of sp³-hybridized carbons (Fsp3) is 0.364. The Hall–Kier alpha value is -1.66. The Balaban J connectivity index is 0.00000289. The molecule has 0 saturated heterocycles. The third kappa shape index (κ3) is 3.97. The first-order valence-electron chi connectivity index (χ1n) is 5.21. The van der Waals surface area contributed by atoms with Crippen LogP contribution in [0.25, 0.3) is 0 Å². The molecule has 0 heterocycles. The summed E-state index contributed by atoms with van der Waals surface area (Å²) < 4.78 is 0. The molecule has 0 spiro atoms. The fourth-order valence-corrected chi connectivity index (χ4v) is 1.37. The maximum absolute atomic E-state index is 11.7. The average molecular weight is 274 g/mol. The van der Waals surface area contributed by atoms with Crippen molar-refractivity contribution in [3.05, 3.63) is 39.4 Å². The molecule has 0 unspecified atom stereocenters. The van der Waals surface area contributed by atoms with Gasteiger partial charge < -0.3 is 11.1 Å². The van der Waals surface area contributed by atoms with Crippen molar-refractivity contribution >= 4 is 24.0 Å². The van der Waals surface area contributed by atoms with Crippen molar-refractivity contribution in [2.45, 2.75) is 19.9 Å². The molecule has 0 aliphatic heterocycles. The number of nitrogens with two attached hydrogens (primary N) is 1. The van der Waals surface area contributed by atoms with Crippen LogP contribution in [-0.4, -0.2) is 23.4 Å². The van der Waals surface area contributed by atoms with Gasteiger partial charge in [0.2, 0.25) is 0 Å². The van der Waals surface area contributed by atoms with E-state index in [1.807, 2.05) is 0 Å². The number of hydrogen-bond acceptors (Lipinski definition) is 4. The van der Waals surface area contributed by atoms with E-state index in [9.17, 15) is 14.9 Å². The molecule has 1 aromatic rings. The molecule has 0 aromatic heterocycles. The summed E-state index contributed by atoms with van der Waals surface area (Å²) in [7, 11) is 0. The number of amides is 1. The second-order valence-corrected chi connectivity index (χ2v) is 3.87. The molecule has 7 heteroatoms. The highest BCUT2D eigenvalue weighted by molar-refractivity contribution is 5.94. The highest BCUT2D eigenvalue weighted by Gasteiger charge is 2.14. The number of carbonyl (C=O) groups is 1. The van der Waals surface area contributed by atoms with Crippen LogP contribution in [0.3, 0.4) is 0 Å². The van der Waals surface area contributed by atoms with E-state index in [4.69, 9.17) is 5.73 Å². The highest BCUT2D eigenvalue weighted by atomic mass is 35.5. The normalized spacial score (nSPS) is 11.3. The Labute approximate surface area is 111 Å². The van der Waals surface area contributed by atoms with Gasteiger partial charge in [-0.2, -0.15) is 0 Å². The molecule has 0 aliphatic rings. The lowest BCUT2D eigenvalue weighted by molar-refractivity contribution is -0.385. The number of benzene rings is 1. The minimum Gasteiger partial charge on any atom is -0.348 e. The predicted octanol–water partition coefficient (Wildman–Crippen LogP) is 1.40. The smallest absolute Gasteiger partial charge is 0.272 e. The zero-order chi connectivity index (χ0) is 13.0. The molecule has 1 atom stereocenters. The first-order chi connectivity index (χ1) is 7.95. The topological polar surface area (TPSA) is 98.3 Å². The van der Waals surface area contributed by atoms with Gasteiger partial charge >= 0.3 is 0 Å². The average Bonchev–Trinajstić information content (AvgIpc) is 2.28. The van der Waals surface area contributed by atoms with Crippen molar-refractivity contribution in [3.8, 4) is 0 Å². The van der Waals surface area contributed by atoms with Gasteiger partial charge in [0.25, 0.3) is 11.6 Å². The molecule has 0 aliphatic carbocycles.